The predicted molar refractivity (Wildman–Crippen MR) is 145 cm³/mol. The van der Waals surface area contributed by atoms with Gasteiger partial charge in [-0.3, -0.25) is 0 Å². The van der Waals surface area contributed by atoms with Crippen molar-refractivity contribution in [2.75, 3.05) is 0 Å². The van der Waals surface area contributed by atoms with Crippen LogP contribution in [0.5, 0.6) is 0 Å². The number of aromatic nitrogens is 8. The first-order valence-corrected chi connectivity index (χ1v) is 14.1. The molecule has 2 N–H and O–H groups in total. The zero-order chi connectivity index (χ0) is 26.0. The highest BCUT2D eigenvalue weighted by Crippen LogP contribution is 2.48. The number of benzene rings is 1. The number of nitrogens with one attached hydrogen (secondary N) is 2. The van der Waals surface area contributed by atoms with Gasteiger partial charge in [0.1, 0.15) is 16.2 Å². The zero-order valence-corrected chi connectivity index (χ0v) is 23.2. The second-order valence-corrected chi connectivity index (χ2v) is 12.5. The summed E-state index contributed by atoms with van der Waals surface area (Å²) in [6.45, 7) is 15.3. The maximum Gasteiger partial charge on any atom is 0.289 e. The summed E-state index contributed by atoms with van der Waals surface area (Å²) in [5.41, 5.74) is 8.17. The SMILES string of the molecule is Cc1c2nc[n+](-[n+]3cc4ncnc(C(C)C)c4[nH]3)c(C(C)C)c2[nH][n+]1[SH]1C(C(C)C)=Nc2ccccc21. The molecule has 37 heavy (non-hydrogen) atoms. The topological polar surface area (TPSA) is 94.2 Å². The smallest absolute Gasteiger partial charge is 0.241 e. The summed E-state index contributed by atoms with van der Waals surface area (Å²) in [6, 6.07) is 8.50. The van der Waals surface area contributed by atoms with Crippen LogP contribution in [0.4, 0.5) is 5.69 Å². The molecule has 0 spiro atoms. The molecule has 0 fully saturated rings. The Labute approximate surface area is 218 Å². The Bertz CT molecular complexity index is 1690. The van der Waals surface area contributed by atoms with Gasteiger partial charge in [-0.1, -0.05) is 67.8 Å². The summed E-state index contributed by atoms with van der Waals surface area (Å²) in [6.07, 6.45) is 5.54. The van der Waals surface area contributed by atoms with E-state index in [0.29, 0.717) is 5.92 Å². The molecule has 1 atom stereocenters. The van der Waals surface area contributed by atoms with E-state index < -0.39 is 11.1 Å². The Morgan fingerprint density at radius 3 is 2.38 bits per heavy atom. The third kappa shape index (κ3) is 3.65. The Morgan fingerprint density at radius 2 is 1.65 bits per heavy atom. The number of thiol groups is 1. The second kappa shape index (κ2) is 8.72. The van der Waals surface area contributed by atoms with Crippen LogP contribution in [-0.4, -0.2) is 30.2 Å². The van der Waals surface area contributed by atoms with Crippen molar-refractivity contribution < 1.29 is 13.6 Å². The predicted octanol–water partition coefficient (Wildman–Crippen LogP) is 4.09. The molecule has 0 bridgehead atoms. The molecule has 1 aromatic carbocycles. The minimum atomic E-state index is -0.821. The van der Waals surface area contributed by atoms with E-state index in [1.165, 1.54) is 9.94 Å². The normalized spacial score (nSPS) is 16.5. The van der Waals surface area contributed by atoms with E-state index in [4.69, 9.17) is 9.98 Å². The number of hydrogen-bond acceptors (Lipinski definition) is 4. The lowest BCUT2D eigenvalue weighted by molar-refractivity contribution is -1.32. The van der Waals surface area contributed by atoms with Gasteiger partial charge in [0.15, 0.2) is 16.7 Å². The van der Waals surface area contributed by atoms with Crippen molar-refractivity contribution in [3.05, 3.63) is 60.2 Å². The van der Waals surface area contributed by atoms with Crippen LogP contribution in [0.25, 0.3) is 22.1 Å². The molecule has 1 unspecified atom stereocenters. The van der Waals surface area contributed by atoms with Gasteiger partial charge in [0.25, 0.3) is 18.2 Å². The lowest BCUT2D eigenvalue weighted by Gasteiger charge is -2.14. The minimum Gasteiger partial charge on any atom is -0.241 e. The summed E-state index contributed by atoms with van der Waals surface area (Å²) >= 11 is -0.821. The fourth-order valence-corrected chi connectivity index (χ4v) is 7.66. The fourth-order valence-electron chi connectivity index (χ4n) is 5.13. The monoisotopic (exact) mass is 516 g/mol. The molecular weight excluding hydrogens is 482 g/mol. The first-order chi connectivity index (χ1) is 17.8. The first kappa shape index (κ1) is 23.7. The minimum absolute atomic E-state index is 0.230. The maximum absolute atomic E-state index is 5.05. The molecule has 10 heteroatoms. The number of para-hydroxylation sites is 1. The molecule has 1 aliphatic heterocycles. The molecule has 0 saturated heterocycles. The molecule has 0 amide bonds. The number of hydrogen-bond donors (Lipinski definition) is 3. The van der Waals surface area contributed by atoms with Crippen molar-refractivity contribution in [1.82, 2.24) is 25.1 Å². The lowest BCUT2D eigenvalue weighted by Crippen LogP contribution is -2.69. The Balaban J connectivity index is 1.57. The number of rotatable bonds is 5. The van der Waals surface area contributed by atoms with Gasteiger partial charge in [-0.05, 0) is 18.1 Å². The molecule has 1 aliphatic rings. The lowest BCUT2D eigenvalue weighted by atomic mass is 10.1. The van der Waals surface area contributed by atoms with Crippen LogP contribution in [0.2, 0.25) is 0 Å². The largest absolute Gasteiger partial charge is 0.289 e. The van der Waals surface area contributed by atoms with E-state index in [0.717, 1.165) is 44.8 Å². The highest BCUT2D eigenvalue weighted by atomic mass is 32.2. The van der Waals surface area contributed by atoms with Crippen molar-refractivity contribution in [3.63, 3.8) is 0 Å². The quantitative estimate of drug-likeness (QED) is 0.243. The third-order valence-corrected chi connectivity index (χ3v) is 9.58. The highest BCUT2D eigenvalue weighted by Gasteiger charge is 2.39. The summed E-state index contributed by atoms with van der Waals surface area (Å²) < 4.78 is 4.39. The van der Waals surface area contributed by atoms with Crippen molar-refractivity contribution in [2.45, 2.75) is 65.2 Å². The Kier molecular flexibility index (Phi) is 5.59. The molecule has 0 aliphatic carbocycles. The number of aryl methyl sites for hydroxylation is 1. The number of fused-ring (bicyclic) bond motifs is 3. The van der Waals surface area contributed by atoms with Gasteiger partial charge < -0.3 is 0 Å². The van der Waals surface area contributed by atoms with Crippen LogP contribution in [-0.2, 0) is 0 Å². The molecule has 4 aromatic heterocycles. The van der Waals surface area contributed by atoms with E-state index >= 15 is 0 Å². The van der Waals surface area contributed by atoms with Gasteiger partial charge in [0, 0.05) is 23.4 Å². The van der Waals surface area contributed by atoms with Crippen molar-refractivity contribution in [3.8, 4) is 0 Å². The molecular formula is C27H34N9S+3. The van der Waals surface area contributed by atoms with E-state index in [1.807, 2.05) is 17.3 Å². The van der Waals surface area contributed by atoms with Gasteiger partial charge in [0.05, 0.1) is 27.4 Å². The van der Waals surface area contributed by atoms with Gasteiger partial charge in [-0.15, -0.1) is 5.10 Å². The summed E-state index contributed by atoms with van der Waals surface area (Å²) in [4.78, 5) is 22.3. The van der Waals surface area contributed by atoms with E-state index in [-0.39, 0.29) is 11.8 Å². The molecule has 190 valence electrons. The van der Waals surface area contributed by atoms with Crippen LogP contribution in [0.3, 0.4) is 0 Å². The van der Waals surface area contributed by atoms with E-state index in [1.54, 1.807) is 6.33 Å². The zero-order valence-electron chi connectivity index (χ0n) is 22.4. The van der Waals surface area contributed by atoms with Crippen LogP contribution in [0, 0.1) is 12.8 Å². The van der Waals surface area contributed by atoms with E-state index in [9.17, 15) is 0 Å². The summed E-state index contributed by atoms with van der Waals surface area (Å²) in [7, 11) is 0. The molecule has 0 saturated carbocycles. The van der Waals surface area contributed by atoms with Crippen LogP contribution in [0.15, 0.2) is 53.0 Å². The van der Waals surface area contributed by atoms with Crippen molar-refractivity contribution >= 4 is 43.9 Å². The standard InChI is InChI=1S/C27H33N9S/c1-15(2)22-24-20(28-13-29-22)12-35(32-24)34-14-30-23-18(7)36(33-25(23)26(34)16(3)4)37-21-11-9-8-10-19(21)31-27(37)17(5)6/h8-17,37H,1-7H3,(H,28,29,30,32,33)/q+2/p+1. The summed E-state index contributed by atoms with van der Waals surface area (Å²) in [5.74, 6) is 0.858. The Hall–Kier alpha value is -3.66. The first-order valence-electron chi connectivity index (χ1n) is 12.8. The number of H-pyrrole nitrogens is 2. The third-order valence-electron chi connectivity index (χ3n) is 6.90. The van der Waals surface area contributed by atoms with Crippen LogP contribution >= 0.6 is 11.1 Å². The molecule has 9 nitrogen and oxygen atoms in total. The highest BCUT2D eigenvalue weighted by molar-refractivity contribution is 8.25. The van der Waals surface area contributed by atoms with Gasteiger partial charge in [0.2, 0.25) is 11.0 Å². The average Bonchev–Trinajstić information content (AvgIpc) is 3.56. The van der Waals surface area contributed by atoms with Gasteiger partial charge >= 0.3 is 0 Å². The number of aliphatic imine (C=N–C) groups is 1. The number of aromatic amines is 2. The van der Waals surface area contributed by atoms with Crippen molar-refractivity contribution in [1.29, 1.82) is 0 Å². The maximum atomic E-state index is 5.05. The fraction of sp³-hybridized carbons (Fsp3) is 0.370. The molecule has 5 aromatic rings. The molecule has 5 heterocycles. The van der Waals surface area contributed by atoms with Crippen LogP contribution < -0.4 is 13.6 Å². The van der Waals surface area contributed by atoms with Gasteiger partial charge in [-0.25, -0.2) is 15.0 Å². The average molecular weight is 517 g/mol. The Morgan fingerprint density at radius 1 is 0.865 bits per heavy atom. The van der Waals surface area contributed by atoms with Gasteiger partial charge in [-0.2, -0.15) is 0 Å². The second-order valence-electron chi connectivity index (χ2n) is 10.5. The number of nitrogens with zero attached hydrogens (tertiary/aromatic N) is 7. The van der Waals surface area contributed by atoms with Crippen molar-refractivity contribution in [2.24, 2.45) is 10.9 Å². The van der Waals surface area contributed by atoms with E-state index in [2.05, 4.69) is 102 Å². The molecule has 6 rings (SSSR count). The van der Waals surface area contributed by atoms with Crippen LogP contribution in [0.1, 0.15) is 70.5 Å². The summed E-state index contributed by atoms with van der Waals surface area (Å²) in [5, 5.41) is 8.52. The molecule has 0 radical (unpaired) electrons.